The van der Waals surface area contributed by atoms with E-state index < -0.39 is 26.3 Å². The number of hydrogen-bond donors (Lipinski definition) is 2. The van der Waals surface area contributed by atoms with Crippen LogP contribution in [-0.4, -0.2) is 24.0 Å². The molecule has 1 atom stereocenters. The maximum atomic E-state index is 12.8. The zero-order valence-electron chi connectivity index (χ0n) is 13.5. The number of aliphatic hydroxyl groups excluding tert-OH is 1. The van der Waals surface area contributed by atoms with Crippen molar-refractivity contribution in [2.45, 2.75) is 36.9 Å². The van der Waals surface area contributed by atoms with Crippen molar-refractivity contribution in [3.63, 3.8) is 0 Å². The number of anilines is 1. The van der Waals surface area contributed by atoms with E-state index in [9.17, 15) is 26.7 Å². The molecule has 2 aromatic rings. The Balaban J connectivity index is 2.27. The lowest BCUT2D eigenvalue weighted by Gasteiger charge is -2.15. The molecule has 1 aromatic carbocycles. The summed E-state index contributed by atoms with van der Waals surface area (Å²) in [5.74, 6) is 0. The minimum absolute atomic E-state index is 0.0331. The van der Waals surface area contributed by atoms with E-state index in [0.717, 1.165) is 6.07 Å². The van der Waals surface area contributed by atoms with E-state index in [0.29, 0.717) is 17.0 Å². The molecule has 0 bridgehead atoms. The third kappa shape index (κ3) is 4.10. The molecular formula is C16H17F3N2O3S. The molecule has 0 fully saturated rings. The number of sulfone groups is 1. The van der Waals surface area contributed by atoms with Crippen LogP contribution in [0.2, 0.25) is 0 Å². The third-order valence-corrected chi connectivity index (χ3v) is 5.12. The van der Waals surface area contributed by atoms with Gasteiger partial charge in [-0.05, 0) is 32.0 Å². The number of aliphatic hydroxyl groups is 1. The summed E-state index contributed by atoms with van der Waals surface area (Å²) >= 11 is 0. The fourth-order valence-corrected chi connectivity index (χ4v) is 3.26. The number of nitrogens with one attached hydrogen (secondary N) is 1. The van der Waals surface area contributed by atoms with Crippen LogP contribution in [0.1, 0.15) is 30.0 Å². The van der Waals surface area contributed by atoms with Gasteiger partial charge in [0, 0.05) is 11.3 Å². The summed E-state index contributed by atoms with van der Waals surface area (Å²) in [5.41, 5.74) is -3.80. The van der Waals surface area contributed by atoms with Crippen LogP contribution < -0.4 is 5.32 Å². The van der Waals surface area contributed by atoms with Crippen LogP contribution in [0, 0.1) is 6.92 Å². The van der Waals surface area contributed by atoms with Crippen molar-refractivity contribution in [2.75, 3.05) is 5.32 Å². The van der Waals surface area contributed by atoms with Gasteiger partial charge in [-0.15, -0.1) is 0 Å². The van der Waals surface area contributed by atoms with Crippen molar-refractivity contribution in [2.24, 2.45) is 0 Å². The lowest BCUT2D eigenvalue weighted by atomic mass is 10.1. The summed E-state index contributed by atoms with van der Waals surface area (Å²) in [5, 5.41) is 12.3. The molecule has 0 radical (unpaired) electrons. The zero-order valence-corrected chi connectivity index (χ0v) is 14.3. The van der Waals surface area contributed by atoms with Crippen LogP contribution in [0.4, 0.5) is 18.9 Å². The monoisotopic (exact) mass is 374 g/mol. The standard InChI is InChI=1S/C16H17F3N2O3S/c1-10-13(11(2)22)8-7-12(21-10)9-20-14-5-3-4-6-15(14)25(23,24)16(17,18)19/h3-8,11,20,22H,9H2,1-2H3. The fraction of sp³-hybridized carbons (Fsp3) is 0.312. The normalized spacial score (nSPS) is 13.5. The number of benzene rings is 1. The second-order valence-electron chi connectivity index (χ2n) is 5.45. The van der Waals surface area contributed by atoms with Crippen molar-refractivity contribution in [3.8, 4) is 0 Å². The molecule has 0 spiro atoms. The first-order valence-corrected chi connectivity index (χ1v) is 8.81. The zero-order chi connectivity index (χ0) is 18.8. The van der Waals surface area contributed by atoms with Crippen molar-refractivity contribution in [3.05, 3.63) is 53.3 Å². The summed E-state index contributed by atoms with van der Waals surface area (Å²) in [6, 6.07) is 8.11. The van der Waals surface area contributed by atoms with Crippen LogP contribution in [-0.2, 0) is 16.4 Å². The number of rotatable bonds is 5. The number of para-hydroxylation sites is 1. The largest absolute Gasteiger partial charge is 0.501 e. The summed E-state index contributed by atoms with van der Waals surface area (Å²) in [7, 11) is -5.45. The Bertz CT molecular complexity index is 865. The molecule has 0 saturated carbocycles. The van der Waals surface area contributed by atoms with E-state index >= 15 is 0 Å². The van der Waals surface area contributed by atoms with Gasteiger partial charge in [0.1, 0.15) is 0 Å². The van der Waals surface area contributed by atoms with Crippen molar-refractivity contribution in [1.29, 1.82) is 0 Å². The lowest BCUT2D eigenvalue weighted by Crippen LogP contribution is -2.24. The van der Waals surface area contributed by atoms with E-state index in [1.165, 1.54) is 18.2 Å². The van der Waals surface area contributed by atoms with E-state index in [4.69, 9.17) is 0 Å². The molecule has 5 nitrogen and oxygen atoms in total. The number of hydrogen-bond acceptors (Lipinski definition) is 5. The molecule has 9 heteroatoms. The smallest absolute Gasteiger partial charge is 0.389 e. The van der Waals surface area contributed by atoms with Crippen molar-refractivity contribution >= 4 is 15.5 Å². The Labute approximate surface area is 143 Å². The third-order valence-electron chi connectivity index (χ3n) is 3.58. The molecule has 25 heavy (non-hydrogen) atoms. The van der Waals surface area contributed by atoms with Crippen LogP contribution in [0.3, 0.4) is 0 Å². The van der Waals surface area contributed by atoms with Crippen LogP contribution in [0.15, 0.2) is 41.3 Å². The molecule has 0 aliphatic rings. The van der Waals surface area contributed by atoms with Gasteiger partial charge in [0.2, 0.25) is 0 Å². The number of pyridine rings is 1. The highest BCUT2D eigenvalue weighted by molar-refractivity contribution is 7.92. The van der Waals surface area contributed by atoms with Gasteiger partial charge in [0.15, 0.2) is 0 Å². The van der Waals surface area contributed by atoms with Gasteiger partial charge in [-0.3, -0.25) is 4.98 Å². The maximum Gasteiger partial charge on any atom is 0.501 e. The molecule has 2 N–H and O–H groups in total. The summed E-state index contributed by atoms with van der Waals surface area (Å²) in [6.07, 6.45) is -0.688. The first-order valence-electron chi connectivity index (χ1n) is 7.33. The van der Waals surface area contributed by atoms with Gasteiger partial charge < -0.3 is 10.4 Å². The topological polar surface area (TPSA) is 79.3 Å². The van der Waals surface area contributed by atoms with E-state index in [2.05, 4.69) is 10.3 Å². The van der Waals surface area contributed by atoms with Crippen molar-refractivity contribution < 1.29 is 26.7 Å². The molecule has 2 rings (SSSR count). The Hall–Kier alpha value is -2.13. The SMILES string of the molecule is Cc1nc(CNc2ccccc2S(=O)(=O)C(F)(F)F)ccc1C(C)O. The molecule has 1 unspecified atom stereocenters. The minimum atomic E-state index is -5.45. The highest BCUT2D eigenvalue weighted by Crippen LogP contribution is 2.34. The Morgan fingerprint density at radius 2 is 1.84 bits per heavy atom. The summed E-state index contributed by atoms with van der Waals surface area (Å²) in [6.45, 7) is 3.33. The molecule has 136 valence electrons. The van der Waals surface area contributed by atoms with Gasteiger partial charge in [-0.25, -0.2) is 8.42 Å². The molecule has 1 aromatic heterocycles. The van der Waals surface area contributed by atoms with Crippen LogP contribution in [0.25, 0.3) is 0 Å². The summed E-state index contributed by atoms with van der Waals surface area (Å²) < 4.78 is 61.7. The minimum Gasteiger partial charge on any atom is -0.389 e. The summed E-state index contributed by atoms with van der Waals surface area (Å²) in [4.78, 5) is 3.42. The number of aryl methyl sites for hydroxylation is 1. The number of nitrogens with zero attached hydrogens (tertiary/aromatic N) is 1. The molecule has 0 aliphatic carbocycles. The van der Waals surface area contributed by atoms with Gasteiger partial charge in [-0.2, -0.15) is 13.2 Å². The first-order chi connectivity index (χ1) is 11.5. The number of alkyl halides is 3. The van der Waals surface area contributed by atoms with Crippen molar-refractivity contribution in [1.82, 2.24) is 4.98 Å². The van der Waals surface area contributed by atoms with Gasteiger partial charge in [0.25, 0.3) is 9.84 Å². The second kappa shape index (κ2) is 7.01. The average Bonchev–Trinajstić information content (AvgIpc) is 2.51. The molecule has 0 aliphatic heterocycles. The average molecular weight is 374 g/mol. The second-order valence-corrected chi connectivity index (χ2v) is 7.36. The first kappa shape index (κ1) is 19.2. The van der Waals surface area contributed by atoms with Crippen LogP contribution in [0.5, 0.6) is 0 Å². The van der Waals surface area contributed by atoms with Gasteiger partial charge in [-0.1, -0.05) is 18.2 Å². The van der Waals surface area contributed by atoms with E-state index in [1.807, 2.05) is 0 Å². The molecule has 0 amide bonds. The Morgan fingerprint density at radius 1 is 1.20 bits per heavy atom. The quantitative estimate of drug-likeness (QED) is 0.839. The maximum absolute atomic E-state index is 12.8. The number of halogens is 3. The molecular weight excluding hydrogens is 357 g/mol. The number of aromatic nitrogens is 1. The molecule has 0 saturated heterocycles. The molecule has 1 heterocycles. The predicted octanol–water partition coefficient (Wildman–Crippen LogP) is 3.35. The van der Waals surface area contributed by atoms with Gasteiger partial charge in [0.05, 0.1) is 28.9 Å². The Kier molecular flexibility index (Phi) is 5.38. The highest BCUT2D eigenvalue weighted by Gasteiger charge is 2.47. The Morgan fingerprint density at radius 3 is 2.40 bits per heavy atom. The fourth-order valence-electron chi connectivity index (χ4n) is 2.32. The van der Waals surface area contributed by atoms with E-state index in [1.54, 1.807) is 26.0 Å². The van der Waals surface area contributed by atoms with Gasteiger partial charge >= 0.3 is 5.51 Å². The van der Waals surface area contributed by atoms with Crippen LogP contribution >= 0.6 is 0 Å². The lowest BCUT2D eigenvalue weighted by molar-refractivity contribution is -0.0435. The predicted molar refractivity (Wildman–Crippen MR) is 86.6 cm³/mol. The van der Waals surface area contributed by atoms with E-state index in [-0.39, 0.29) is 12.2 Å². The highest BCUT2D eigenvalue weighted by atomic mass is 32.2.